The summed E-state index contributed by atoms with van der Waals surface area (Å²) in [5.74, 6) is 0. The van der Waals surface area contributed by atoms with E-state index in [9.17, 15) is 0 Å². The fourth-order valence-electron chi connectivity index (χ4n) is 2.15. The Hall–Kier alpha value is -0.540. The fourth-order valence-corrected chi connectivity index (χ4v) is 2.38. The smallest absolute Gasteiger partial charge is 0.0860 e. The Morgan fingerprint density at radius 1 is 1.50 bits per heavy atom. The van der Waals surface area contributed by atoms with Gasteiger partial charge in [-0.15, -0.1) is 0 Å². The Bertz CT molecular complexity index is 380. The van der Waals surface area contributed by atoms with E-state index in [1.807, 2.05) is 18.7 Å². The molecule has 16 heavy (non-hydrogen) atoms. The summed E-state index contributed by atoms with van der Waals surface area (Å²) in [6, 6.07) is 0. The van der Waals surface area contributed by atoms with Gasteiger partial charge < -0.3 is 5.32 Å². The number of rotatable bonds is 5. The van der Waals surface area contributed by atoms with E-state index in [4.69, 9.17) is 11.6 Å². The van der Waals surface area contributed by atoms with E-state index in [1.165, 1.54) is 19.3 Å². The van der Waals surface area contributed by atoms with Gasteiger partial charge in [0.15, 0.2) is 0 Å². The van der Waals surface area contributed by atoms with Gasteiger partial charge in [0.1, 0.15) is 0 Å². The summed E-state index contributed by atoms with van der Waals surface area (Å²) >= 11 is 6.19. The van der Waals surface area contributed by atoms with Crippen molar-refractivity contribution in [1.82, 2.24) is 15.1 Å². The largest absolute Gasteiger partial charge is 0.311 e. The van der Waals surface area contributed by atoms with E-state index in [0.29, 0.717) is 5.41 Å². The second-order valence-electron chi connectivity index (χ2n) is 4.93. The molecule has 90 valence electrons. The lowest BCUT2D eigenvalue weighted by atomic mass is 10.0. The third-order valence-corrected chi connectivity index (χ3v) is 4.25. The second-order valence-corrected chi connectivity index (χ2v) is 5.30. The normalized spacial score (nSPS) is 17.8. The van der Waals surface area contributed by atoms with Crippen molar-refractivity contribution < 1.29 is 0 Å². The molecule has 0 unspecified atom stereocenters. The Kier molecular flexibility index (Phi) is 3.27. The van der Waals surface area contributed by atoms with Crippen molar-refractivity contribution in [2.45, 2.75) is 39.7 Å². The maximum atomic E-state index is 6.19. The molecule has 1 fully saturated rings. The van der Waals surface area contributed by atoms with Crippen LogP contribution in [0, 0.1) is 12.3 Å². The first-order valence-corrected chi connectivity index (χ1v) is 6.34. The van der Waals surface area contributed by atoms with Gasteiger partial charge in [0.25, 0.3) is 0 Å². The zero-order valence-electron chi connectivity index (χ0n) is 10.3. The average molecular weight is 242 g/mol. The van der Waals surface area contributed by atoms with Gasteiger partial charge in [0.05, 0.1) is 16.4 Å². The highest BCUT2D eigenvalue weighted by Gasteiger charge is 2.39. The van der Waals surface area contributed by atoms with Gasteiger partial charge in [-0.3, -0.25) is 4.68 Å². The molecule has 0 atom stereocenters. The first kappa shape index (κ1) is 11.9. The van der Waals surface area contributed by atoms with Crippen molar-refractivity contribution in [3.8, 4) is 0 Å². The first-order valence-electron chi connectivity index (χ1n) is 5.97. The number of aromatic nitrogens is 2. The standard InChI is InChI=1S/C12H20ClN3/c1-4-12(5-6-12)8-14-7-10-11(13)9(2)15-16(10)3/h14H,4-8H2,1-3H3. The summed E-state index contributed by atoms with van der Waals surface area (Å²) in [5, 5.41) is 8.61. The Labute approximate surface area is 102 Å². The minimum atomic E-state index is 0.583. The molecule has 1 N–H and O–H groups in total. The van der Waals surface area contributed by atoms with Crippen molar-refractivity contribution in [3.63, 3.8) is 0 Å². The van der Waals surface area contributed by atoms with E-state index in [0.717, 1.165) is 29.5 Å². The Morgan fingerprint density at radius 2 is 2.19 bits per heavy atom. The summed E-state index contributed by atoms with van der Waals surface area (Å²) in [5.41, 5.74) is 2.59. The molecule has 0 amide bonds. The molecule has 1 aromatic rings. The van der Waals surface area contributed by atoms with Crippen LogP contribution in [-0.4, -0.2) is 16.3 Å². The monoisotopic (exact) mass is 241 g/mol. The number of hydrogen-bond donors (Lipinski definition) is 1. The van der Waals surface area contributed by atoms with Crippen LogP contribution in [0.5, 0.6) is 0 Å². The quantitative estimate of drug-likeness (QED) is 0.859. The highest BCUT2D eigenvalue weighted by molar-refractivity contribution is 6.31. The topological polar surface area (TPSA) is 29.9 Å². The lowest BCUT2D eigenvalue weighted by Crippen LogP contribution is -2.24. The molecular weight excluding hydrogens is 222 g/mol. The highest BCUT2D eigenvalue weighted by Crippen LogP contribution is 2.47. The van der Waals surface area contributed by atoms with Crippen LogP contribution < -0.4 is 5.32 Å². The molecular formula is C12H20ClN3. The third-order valence-electron chi connectivity index (χ3n) is 3.76. The maximum absolute atomic E-state index is 6.19. The minimum Gasteiger partial charge on any atom is -0.311 e. The zero-order valence-corrected chi connectivity index (χ0v) is 11.1. The van der Waals surface area contributed by atoms with Gasteiger partial charge >= 0.3 is 0 Å². The summed E-state index contributed by atoms with van der Waals surface area (Å²) in [4.78, 5) is 0. The van der Waals surface area contributed by atoms with Crippen LogP contribution in [-0.2, 0) is 13.6 Å². The minimum absolute atomic E-state index is 0.583. The van der Waals surface area contributed by atoms with Crippen LogP contribution in [0.1, 0.15) is 37.6 Å². The molecule has 1 aromatic heterocycles. The van der Waals surface area contributed by atoms with Gasteiger partial charge in [-0.2, -0.15) is 5.10 Å². The lowest BCUT2D eigenvalue weighted by molar-refractivity contribution is 0.438. The van der Waals surface area contributed by atoms with Gasteiger partial charge in [0.2, 0.25) is 0 Å². The molecule has 1 saturated carbocycles. The number of aryl methyl sites for hydroxylation is 2. The van der Waals surface area contributed by atoms with E-state index in [-0.39, 0.29) is 0 Å². The molecule has 0 aliphatic heterocycles. The molecule has 1 heterocycles. The number of hydrogen-bond acceptors (Lipinski definition) is 2. The summed E-state index contributed by atoms with van der Waals surface area (Å²) in [7, 11) is 1.95. The molecule has 1 aliphatic rings. The van der Waals surface area contributed by atoms with Crippen LogP contribution in [0.2, 0.25) is 5.02 Å². The average Bonchev–Trinajstić information content (AvgIpc) is 2.99. The van der Waals surface area contributed by atoms with Crippen LogP contribution in [0.3, 0.4) is 0 Å². The summed E-state index contributed by atoms with van der Waals surface area (Å²) in [6.07, 6.45) is 4.02. The number of nitrogens with one attached hydrogen (secondary N) is 1. The maximum Gasteiger partial charge on any atom is 0.0860 e. The van der Waals surface area contributed by atoms with Crippen molar-refractivity contribution in [2.75, 3.05) is 6.54 Å². The van der Waals surface area contributed by atoms with Crippen LogP contribution in [0.15, 0.2) is 0 Å². The number of nitrogens with zero attached hydrogens (tertiary/aromatic N) is 2. The van der Waals surface area contributed by atoms with E-state index < -0.39 is 0 Å². The first-order chi connectivity index (χ1) is 7.58. The van der Waals surface area contributed by atoms with E-state index in [1.54, 1.807) is 0 Å². The molecule has 0 saturated heterocycles. The van der Waals surface area contributed by atoms with Gasteiger partial charge in [-0.25, -0.2) is 0 Å². The molecule has 0 radical (unpaired) electrons. The van der Waals surface area contributed by atoms with Crippen LogP contribution >= 0.6 is 11.6 Å². The predicted octanol–water partition coefficient (Wildman–Crippen LogP) is 2.66. The lowest BCUT2D eigenvalue weighted by Gasteiger charge is -2.13. The van der Waals surface area contributed by atoms with E-state index >= 15 is 0 Å². The highest BCUT2D eigenvalue weighted by atomic mass is 35.5. The molecule has 4 heteroatoms. The fraction of sp³-hybridized carbons (Fsp3) is 0.750. The van der Waals surface area contributed by atoms with Crippen molar-refractivity contribution in [3.05, 3.63) is 16.4 Å². The van der Waals surface area contributed by atoms with Crippen molar-refractivity contribution in [2.24, 2.45) is 12.5 Å². The van der Waals surface area contributed by atoms with Gasteiger partial charge in [-0.1, -0.05) is 18.5 Å². The van der Waals surface area contributed by atoms with E-state index in [2.05, 4.69) is 17.3 Å². The molecule has 0 spiro atoms. The SMILES string of the molecule is CCC1(CNCc2c(Cl)c(C)nn2C)CC1. The second kappa shape index (κ2) is 4.38. The van der Waals surface area contributed by atoms with Crippen molar-refractivity contribution >= 4 is 11.6 Å². The predicted molar refractivity (Wildman–Crippen MR) is 66.6 cm³/mol. The zero-order chi connectivity index (χ0) is 11.8. The van der Waals surface area contributed by atoms with Crippen LogP contribution in [0.25, 0.3) is 0 Å². The van der Waals surface area contributed by atoms with Crippen LogP contribution in [0.4, 0.5) is 0 Å². The van der Waals surface area contributed by atoms with Gasteiger partial charge in [-0.05, 0) is 31.6 Å². The molecule has 0 bridgehead atoms. The summed E-state index contributed by atoms with van der Waals surface area (Å²) in [6.45, 7) is 6.14. The Balaban J connectivity index is 1.90. The Morgan fingerprint density at radius 3 is 2.62 bits per heavy atom. The molecule has 0 aromatic carbocycles. The number of halogens is 1. The molecule has 1 aliphatic carbocycles. The molecule has 3 nitrogen and oxygen atoms in total. The van der Waals surface area contributed by atoms with Crippen molar-refractivity contribution in [1.29, 1.82) is 0 Å². The summed E-state index contributed by atoms with van der Waals surface area (Å²) < 4.78 is 1.87. The third kappa shape index (κ3) is 2.25. The van der Waals surface area contributed by atoms with Gasteiger partial charge in [0, 0.05) is 20.1 Å². The molecule has 2 rings (SSSR count).